The van der Waals surface area contributed by atoms with Crippen LogP contribution >= 0.6 is 22.9 Å². The summed E-state index contributed by atoms with van der Waals surface area (Å²) in [4.78, 5) is 4.63. The van der Waals surface area contributed by atoms with E-state index in [-0.39, 0.29) is 11.8 Å². The number of hydrogen-bond acceptors (Lipinski definition) is 5. The minimum atomic E-state index is -0.147. The van der Waals surface area contributed by atoms with Gasteiger partial charge in [-0.1, -0.05) is 35.9 Å². The zero-order chi connectivity index (χ0) is 13.8. The Morgan fingerprint density at radius 2 is 2.16 bits per heavy atom. The molecule has 2 rings (SSSR count). The largest absolute Gasteiger partial charge is 0.493 e. The number of benzene rings is 1. The minimum Gasteiger partial charge on any atom is -0.493 e. The van der Waals surface area contributed by atoms with E-state index in [4.69, 9.17) is 26.2 Å². The monoisotopic (exact) mass is 299 g/mol. The van der Waals surface area contributed by atoms with E-state index in [9.17, 15) is 0 Å². The SMILES string of the molecule is CCc1ccc(Oc2nc(Cl)c(CO)s2)c(OC)c1. The van der Waals surface area contributed by atoms with Gasteiger partial charge in [0, 0.05) is 0 Å². The second-order valence-electron chi connectivity index (χ2n) is 3.79. The Morgan fingerprint density at radius 1 is 1.37 bits per heavy atom. The fourth-order valence-electron chi connectivity index (χ4n) is 1.56. The molecule has 2 aromatic rings. The molecule has 1 aromatic heterocycles. The minimum absolute atomic E-state index is 0.147. The highest BCUT2D eigenvalue weighted by atomic mass is 35.5. The average Bonchev–Trinajstić information content (AvgIpc) is 2.79. The summed E-state index contributed by atoms with van der Waals surface area (Å²) in [5, 5.41) is 9.73. The molecule has 0 saturated carbocycles. The quantitative estimate of drug-likeness (QED) is 0.915. The Kier molecular flexibility index (Phi) is 4.63. The molecule has 4 nitrogen and oxygen atoms in total. The topological polar surface area (TPSA) is 51.6 Å². The Balaban J connectivity index is 2.26. The fourth-order valence-corrected chi connectivity index (χ4v) is 2.54. The van der Waals surface area contributed by atoms with Crippen LogP contribution in [0, 0.1) is 0 Å². The Labute approximate surface area is 120 Å². The van der Waals surface area contributed by atoms with Gasteiger partial charge >= 0.3 is 0 Å². The molecule has 0 fully saturated rings. The molecule has 0 spiro atoms. The van der Waals surface area contributed by atoms with Crippen LogP contribution in [0.25, 0.3) is 0 Å². The molecule has 0 saturated heterocycles. The van der Waals surface area contributed by atoms with Crippen LogP contribution in [0.5, 0.6) is 16.7 Å². The highest BCUT2D eigenvalue weighted by Gasteiger charge is 2.13. The molecule has 0 atom stereocenters. The molecule has 6 heteroatoms. The number of nitrogens with zero attached hydrogens (tertiary/aromatic N) is 1. The lowest BCUT2D eigenvalue weighted by Crippen LogP contribution is -1.91. The van der Waals surface area contributed by atoms with Gasteiger partial charge in [0.05, 0.1) is 18.6 Å². The lowest BCUT2D eigenvalue weighted by molar-refractivity contribution is 0.285. The number of aliphatic hydroxyl groups excluding tert-OH is 1. The summed E-state index contributed by atoms with van der Waals surface area (Å²) in [5.41, 5.74) is 1.16. The summed E-state index contributed by atoms with van der Waals surface area (Å²) in [6.45, 7) is 1.93. The molecule has 102 valence electrons. The van der Waals surface area contributed by atoms with Gasteiger partial charge in [0.2, 0.25) is 0 Å². The molecular formula is C13H14ClNO3S. The molecule has 0 unspecified atom stereocenters. The van der Waals surface area contributed by atoms with Crippen molar-refractivity contribution in [2.24, 2.45) is 0 Å². The molecule has 0 radical (unpaired) electrons. The van der Waals surface area contributed by atoms with Crippen LogP contribution in [0.2, 0.25) is 5.15 Å². The van der Waals surface area contributed by atoms with Gasteiger partial charge < -0.3 is 14.6 Å². The maximum absolute atomic E-state index is 9.07. The van der Waals surface area contributed by atoms with E-state index in [1.165, 1.54) is 11.3 Å². The first kappa shape index (κ1) is 14.1. The van der Waals surface area contributed by atoms with Gasteiger partial charge in [0.1, 0.15) is 5.15 Å². The highest BCUT2D eigenvalue weighted by molar-refractivity contribution is 7.13. The van der Waals surface area contributed by atoms with Gasteiger partial charge in [0.15, 0.2) is 11.5 Å². The van der Waals surface area contributed by atoms with Crippen LogP contribution in [0.1, 0.15) is 17.4 Å². The Morgan fingerprint density at radius 3 is 2.74 bits per heavy atom. The number of ether oxygens (including phenoxy) is 2. The van der Waals surface area contributed by atoms with Crippen LogP contribution in [-0.2, 0) is 13.0 Å². The average molecular weight is 300 g/mol. The second kappa shape index (κ2) is 6.23. The third kappa shape index (κ3) is 3.18. The maximum atomic E-state index is 9.07. The lowest BCUT2D eigenvalue weighted by Gasteiger charge is -2.09. The first-order valence-corrected chi connectivity index (χ1v) is 6.98. The molecule has 0 bridgehead atoms. The zero-order valence-electron chi connectivity index (χ0n) is 10.6. The summed E-state index contributed by atoms with van der Waals surface area (Å²) in [5.74, 6) is 1.23. The van der Waals surface area contributed by atoms with Gasteiger partial charge in [-0.25, -0.2) is 0 Å². The number of methoxy groups -OCH3 is 1. The van der Waals surface area contributed by atoms with Crippen molar-refractivity contribution >= 4 is 22.9 Å². The number of rotatable bonds is 5. The lowest BCUT2D eigenvalue weighted by atomic mass is 10.1. The van der Waals surface area contributed by atoms with Crippen molar-refractivity contribution in [1.82, 2.24) is 4.98 Å². The summed E-state index contributed by atoms with van der Waals surface area (Å²) in [6, 6.07) is 5.74. The van der Waals surface area contributed by atoms with E-state index in [0.29, 0.717) is 21.6 Å². The molecule has 0 amide bonds. The third-order valence-electron chi connectivity index (χ3n) is 2.61. The normalized spacial score (nSPS) is 10.5. The van der Waals surface area contributed by atoms with E-state index >= 15 is 0 Å². The van der Waals surface area contributed by atoms with E-state index in [1.807, 2.05) is 18.2 Å². The van der Waals surface area contributed by atoms with Crippen LogP contribution in [-0.4, -0.2) is 17.2 Å². The number of hydrogen-bond donors (Lipinski definition) is 1. The Hall–Kier alpha value is -1.30. The van der Waals surface area contributed by atoms with Crippen LogP contribution < -0.4 is 9.47 Å². The van der Waals surface area contributed by atoms with Crippen molar-refractivity contribution < 1.29 is 14.6 Å². The van der Waals surface area contributed by atoms with Gasteiger partial charge in [-0.3, -0.25) is 0 Å². The van der Waals surface area contributed by atoms with E-state index in [1.54, 1.807) is 7.11 Å². The molecule has 1 N–H and O–H groups in total. The standard InChI is InChI=1S/C13H14ClNO3S/c1-3-8-4-5-9(10(6-8)17-2)18-13-15-12(14)11(7-16)19-13/h4-6,16H,3,7H2,1-2H3. The van der Waals surface area contributed by atoms with Crippen LogP contribution in [0.15, 0.2) is 18.2 Å². The van der Waals surface area contributed by atoms with Gasteiger partial charge in [-0.2, -0.15) is 4.98 Å². The van der Waals surface area contributed by atoms with Crippen molar-refractivity contribution in [3.8, 4) is 16.7 Å². The van der Waals surface area contributed by atoms with E-state index in [0.717, 1.165) is 12.0 Å². The second-order valence-corrected chi connectivity index (χ2v) is 5.20. The predicted octanol–water partition coefficient (Wildman–Crippen LogP) is 3.65. The fraction of sp³-hybridized carbons (Fsp3) is 0.308. The van der Waals surface area contributed by atoms with Gasteiger partial charge in [0.25, 0.3) is 5.19 Å². The summed E-state index contributed by atoms with van der Waals surface area (Å²) in [6.07, 6.45) is 0.925. The molecular weight excluding hydrogens is 286 g/mol. The summed E-state index contributed by atoms with van der Waals surface area (Å²) >= 11 is 7.07. The highest BCUT2D eigenvalue weighted by Crippen LogP contribution is 2.36. The van der Waals surface area contributed by atoms with Gasteiger partial charge in [-0.05, 0) is 24.1 Å². The van der Waals surface area contributed by atoms with Crippen molar-refractivity contribution in [1.29, 1.82) is 0 Å². The number of thiazole rings is 1. The summed E-state index contributed by atoms with van der Waals surface area (Å²) in [7, 11) is 1.59. The van der Waals surface area contributed by atoms with E-state index in [2.05, 4.69) is 11.9 Å². The van der Waals surface area contributed by atoms with Crippen molar-refractivity contribution in [2.75, 3.05) is 7.11 Å². The molecule has 19 heavy (non-hydrogen) atoms. The molecule has 0 aliphatic carbocycles. The van der Waals surface area contributed by atoms with Gasteiger partial charge in [-0.15, -0.1) is 0 Å². The van der Waals surface area contributed by atoms with Crippen molar-refractivity contribution in [2.45, 2.75) is 20.0 Å². The predicted molar refractivity (Wildman–Crippen MR) is 75.5 cm³/mol. The molecule has 1 aromatic carbocycles. The third-order valence-corrected chi connectivity index (χ3v) is 3.95. The smallest absolute Gasteiger partial charge is 0.280 e. The summed E-state index contributed by atoms with van der Waals surface area (Å²) < 4.78 is 10.9. The maximum Gasteiger partial charge on any atom is 0.280 e. The first-order valence-electron chi connectivity index (χ1n) is 5.78. The number of halogens is 1. The van der Waals surface area contributed by atoms with Crippen molar-refractivity contribution in [3.63, 3.8) is 0 Å². The molecule has 1 heterocycles. The van der Waals surface area contributed by atoms with Crippen LogP contribution in [0.4, 0.5) is 0 Å². The molecule has 0 aliphatic heterocycles. The van der Waals surface area contributed by atoms with Crippen molar-refractivity contribution in [3.05, 3.63) is 33.8 Å². The number of aromatic nitrogens is 1. The first-order chi connectivity index (χ1) is 9.17. The number of aryl methyl sites for hydroxylation is 1. The number of aliphatic hydroxyl groups is 1. The zero-order valence-corrected chi connectivity index (χ0v) is 12.2. The molecule has 0 aliphatic rings. The van der Waals surface area contributed by atoms with Crippen LogP contribution in [0.3, 0.4) is 0 Å². The van der Waals surface area contributed by atoms with E-state index < -0.39 is 0 Å². The Bertz CT molecular complexity index is 571.